The molecule has 2 aliphatic carbocycles. The van der Waals surface area contributed by atoms with Gasteiger partial charge < -0.3 is 9.80 Å². The maximum absolute atomic E-state index is 4.26. The molecule has 3 aliphatic rings. The van der Waals surface area contributed by atoms with E-state index in [4.69, 9.17) is 0 Å². The third kappa shape index (κ3) is 4.93. The van der Waals surface area contributed by atoms with Crippen LogP contribution in [0.1, 0.15) is 54.2 Å². The second kappa shape index (κ2) is 13.2. The average molecular weight is 757 g/mol. The molecular formula is C57H44N2. The number of anilines is 6. The summed E-state index contributed by atoms with van der Waals surface area (Å²) in [6.07, 6.45) is 6.43. The first-order valence-corrected chi connectivity index (χ1v) is 20.7. The third-order valence-electron chi connectivity index (χ3n) is 13.1. The van der Waals surface area contributed by atoms with Gasteiger partial charge in [0.05, 0.1) is 16.8 Å². The first kappa shape index (κ1) is 35.0. The van der Waals surface area contributed by atoms with E-state index in [1.165, 1.54) is 77.8 Å². The molecular weight excluding hydrogens is 713 g/mol. The van der Waals surface area contributed by atoms with Crippen molar-refractivity contribution >= 4 is 50.5 Å². The largest absolute Gasteiger partial charge is 0.310 e. The Balaban J connectivity index is 1.19. The van der Waals surface area contributed by atoms with E-state index in [0.717, 1.165) is 22.7 Å². The minimum absolute atomic E-state index is 0.194. The Morgan fingerprint density at radius 3 is 1.92 bits per heavy atom. The smallest absolute Gasteiger partial charge is 0.0755 e. The van der Waals surface area contributed by atoms with Gasteiger partial charge in [-0.05, 0) is 128 Å². The van der Waals surface area contributed by atoms with Crippen LogP contribution in [-0.4, -0.2) is 0 Å². The summed E-state index contributed by atoms with van der Waals surface area (Å²) in [5.41, 5.74) is 19.0. The Hall–Kier alpha value is -7.16. The molecule has 2 heteroatoms. The highest BCUT2D eigenvalue weighted by Gasteiger charge is 2.52. The zero-order valence-corrected chi connectivity index (χ0v) is 33.7. The molecule has 8 aromatic carbocycles. The van der Waals surface area contributed by atoms with Crippen molar-refractivity contribution in [3.63, 3.8) is 0 Å². The van der Waals surface area contributed by atoms with Crippen molar-refractivity contribution < 1.29 is 0 Å². The predicted octanol–water partition coefficient (Wildman–Crippen LogP) is 15.3. The van der Waals surface area contributed by atoms with Gasteiger partial charge in [-0.2, -0.15) is 0 Å². The van der Waals surface area contributed by atoms with Gasteiger partial charge in [0.15, 0.2) is 0 Å². The van der Waals surface area contributed by atoms with Crippen molar-refractivity contribution in [2.75, 3.05) is 9.80 Å². The van der Waals surface area contributed by atoms with Crippen LogP contribution in [0, 0.1) is 0 Å². The monoisotopic (exact) mass is 756 g/mol. The van der Waals surface area contributed by atoms with Crippen LogP contribution in [0.3, 0.4) is 0 Å². The number of hydrogen-bond acceptors (Lipinski definition) is 2. The molecule has 0 spiro atoms. The number of allylic oxidation sites excluding steroid dienone is 5. The fraction of sp³-hybridized carbons (Fsp3) is 0.0877. The van der Waals surface area contributed by atoms with E-state index in [-0.39, 0.29) is 5.41 Å². The topological polar surface area (TPSA) is 6.48 Å². The van der Waals surface area contributed by atoms with Crippen LogP contribution >= 0.6 is 0 Å². The molecule has 1 unspecified atom stereocenters. The molecule has 0 saturated carbocycles. The number of hydrogen-bond donors (Lipinski definition) is 0. The Morgan fingerprint density at radius 1 is 0.525 bits per heavy atom. The minimum atomic E-state index is -0.556. The fourth-order valence-electron chi connectivity index (χ4n) is 10.6. The van der Waals surface area contributed by atoms with Gasteiger partial charge in [-0.15, -0.1) is 0 Å². The highest BCUT2D eigenvalue weighted by atomic mass is 15.2. The highest BCUT2D eigenvalue weighted by molar-refractivity contribution is 6.00. The molecule has 282 valence electrons. The summed E-state index contributed by atoms with van der Waals surface area (Å²) in [4.78, 5) is 4.93. The number of fused-ring (bicyclic) bond motifs is 7. The fourth-order valence-corrected chi connectivity index (χ4v) is 10.6. The Bertz CT molecular complexity index is 3060. The van der Waals surface area contributed by atoms with Crippen LogP contribution < -0.4 is 9.80 Å². The average Bonchev–Trinajstić information content (AvgIpc) is 3.70. The summed E-state index contributed by atoms with van der Waals surface area (Å²) in [5.74, 6) is 0. The van der Waals surface area contributed by atoms with Gasteiger partial charge in [0.1, 0.15) is 0 Å². The molecule has 8 aromatic rings. The number of rotatable bonds is 7. The molecule has 1 aliphatic heterocycles. The van der Waals surface area contributed by atoms with Crippen molar-refractivity contribution in [2.45, 2.75) is 31.6 Å². The predicted molar refractivity (Wildman–Crippen MR) is 249 cm³/mol. The molecule has 0 saturated heterocycles. The normalized spacial score (nSPS) is 16.8. The van der Waals surface area contributed by atoms with Crippen molar-refractivity contribution in [2.24, 2.45) is 0 Å². The lowest BCUT2D eigenvalue weighted by molar-refractivity contribution is 0.654. The molecule has 0 fully saturated rings. The third-order valence-corrected chi connectivity index (χ3v) is 13.1. The van der Waals surface area contributed by atoms with E-state index in [2.05, 4.69) is 231 Å². The molecule has 11 rings (SSSR count). The van der Waals surface area contributed by atoms with Crippen LogP contribution in [0.15, 0.2) is 212 Å². The van der Waals surface area contributed by atoms with Gasteiger partial charge in [0, 0.05) is 33.7 Å². The highest BCUT2D eigenvalue weighted by Crippen LogP contribution is 2.65. The van der Waals surface area contributed by atoms with Crippen molar-refractivity contribution in [1.82, 2.24) is 0 Å². The first-order chi connectivity index (χ1) is 28.9. The second-order valence-corrected chi connectivity index (χ2v) is 16.5. The molecule has 0 N–H and O–H groups in total. The second-order valence-electron chi connectivity index (χ2n) is 16.5. The van der Waals surface area contributed by atoms with Crippen LogP contribution in [0.25, 0.3) is 27.5 Å². The first-order valence-electron chi connectivity index (χ1n) is 20.7. The molecule has 1 heterocycles. The van der Waals surface area contributed by atoms with Crippen LogP contribution in [0.5, 0.6) is 0 Å². The molecule has 0 bridgehead atoms. The van der Waals surface area contributed by atoms with Crippen LogP contribution in [0.2, 0.25) is 0 Å². The zero-order chi connectivity index (χ0) is 39.9. The molecule has 0 amide bonds. The zero-order valence-electron chi connectivity index (χ0n) is 33.7. The van der Waals surface area contributed by atoms with E-state index >= 15 is 0 Å². The van der Waals surface area contributed by atoms with E-state index in [1.54, 1.807) is 0 Å². The van der Waals surface area contributed by atoms with E-state index in [0.29, 0.717) is 0 Å². The molecule has 0 radical (unpaired) electrons. The van der Waals surface area contributed by atoms with Crippen molar-refractivity contribution in [3.8, 4) is 11.1 Å². The Labute approximate surface area is 347 Å². The maximum Gasteiger partial charge on any atom is 0.0755 e. The lowest BCUT2D eigenvalue weighted by atomic mass is 9.65. The van der Waals surface area contributed by atoms with Gasteiger partial charge in [0.25, 0.3) is 0 Å². The number of para-hydroxylation sites is 2. The molecule has 2 nitrogen and oxygen atoms in total. The summed E-state index contributed by atoms with van der Waals surface area (Å²) < 4.78 is 0. The Morgan fingerprint density at radius 2 is 1.15 bits per heavy atom. The number of benzene rings is 8. The lowest BCUT2D eigenvalue weighted by Gasteiger charge is -2.44. The number of nitrogens with zero attached hydrogens (tertiary/aromatic N) is 2. The minimum Gasteiger partial charge on any atom is -0.310 e. The SMILES string of the molecule is C=CC1=C(/C=C\C)C(C)(C)c2cc(N(c3ccc4c(c3)C3(c5ccccc5)c5ccccc5N(c5ccccc5)c5cccc-4c53)c3ccc4ccccc4c3)ccc21. The van der Waals surface area contributed by atoms with Gasteiger partial charge in [0.2, 0.25) is 0 Å². The van der Waals surface area contributed by atoms with Gasteiger partial charge in [-0.25, -0.2) is 0 Å². The van der Waals surface area contributed by atoms with E-state index in [1.807, 2.05) is 6.08 Å². The quantitative estimate of drug-likeness (QED) is 0.160. The molecule has 1 atom stereocenters. The van der Waals surface area contributed by atoms with E-state index < -0.39 is 5.41 Å². The van der Waals surface area contributed by atoms with Crippen LogP contribution in [-0.2, 0) is 10.8 Å². The standard InChI is InChI=1S/C57H44N2/c1-5-18-49-45(6-2)46-33-31-43(36-51(46)56(49,3)4)58(42-30-29-38-19-13-14-20-39(38)35-42)44-32-34-47-48-25-17-28-54-55(48)57(52(47)37-44,40-21-9-7-10-22-40)50-26-15-16-27-53(50)59(54)41-23-11-8-12-24-41/h5-37H,2H2,1,3-4H3/b18-5-. The van der Waals surface area contributed by atoms with Gasteiger partial charge in [-0.3, -0.25) is 0 Å². The van der Waals surface area contributed by atoms with Crippen LogP contribution in [0.4, 0.5) is 34.1 Å². The molecule has 59 heavy (non-hydrogen) atoms. The summed E-state index contributed by atoms with van der Waals surface area (Å²) in [7, 11) is 0. The van der Waals surface area contributed by atoms with Crippen molar-refractivity contribution in [1.29, 1.82) is 0 Å². The molecule has 0 aromatic heterocycles. The maximum atomic E-state index is 4.26. The van der Waals surface area contributed by atoms with Crippen molar-refractivity contribution in [3.05, 3.63) is 246 Å². The summed E-state index contributed by atoms with van der Waals surface area (Å²) in [5, 5.41) is 2.44. The van der Waals surface area contributed by atoms with Gasteiger partial charge in [-0.1, -0.05) is 160 Å². The Kier molecular flexibility index (Phi) is 7.83. The summed E-state index contributed by atoms with van der Waals surface area (Å²) in [6.45, 7) is 11.0. The summed E-state index contributed by atoms with van der Waals surface area (Å²) >= 11 is 0. The van der Waals surface area contributed by atoms with E-state index in [9.17, 15) is 0 Å². The summed E-state index contributed by atoms with van der Waals surface area (Å²) in [6, 6.07) is 67.7. The van der Waals surface area contributed by atoms with Gasteiger partial charge >= 0.3 is 0 Å². The lowest BCUT2D eigenvalue weighted by Crippen LogP contribution is -2.36.